The monoisotopic (exact) mass is 292 g/mol. The van der Waals surface area contributed by atoms with Gasteiger partial charge in [-0.3, -0.25) is 0 Å². The van der Waals surface area contributed by atoms with Crippen molar-refractivity contribution >= 4 is 11.6 Å². The molecule has 0 heterocycles. The third kappa shape index (κ3) is 3.51. The topological polar surface area (TPSA) is 9.23 Å². The number of hydrogen-bond donors (Lipinski definition) is 0. The molecule has 0 aliphatic rings. The van der Waals surface area contributed by atoms with E-state index in [1.165, 1.54) is 17.7 Å². The van der Waals surface area contributed by atoms with E-state index in [1.54, 1.807) is 19.2 Å². The zero-order valence-corrected chi connectivity index (χ0v) is 12.5. The van der Waals surface area contributed by atoms with Gasteiger partial charge in [-0.15, -0.1) is 11.6 Å². The fourth-order valence-electron chi connectivity index (χ4n) is 2.33. The molecule has 0 N–H and O–H groups in total. The second-order valence-electron chi connectivity index (χ2n) is 4.92. The molecule has 0 aliphatic carbocycles. The van der Waals surface area contributed by atoms with E-state index in [4.69, 9.17) is 16.3 Å². The van der Waals surface area contributed by atoms with Gasteiger partial charge in [0.1, 0.15) is 11.6 Å². The summed E-state index contributed by atoms with van der Waals surface area (Å²) in [5.41, 5.74) is 3.36. The molecule has 0 bridgehead atoms. The summed E-state index contributed by atoms with van der Waals surface area (Å²) >= 11 is 6.09. The molecular weight excluding hydrogens is 275 g/mol. The van der Waals surface area contributed by atoms with Gasteiger partial charge in [0.05, 0.1) is 7.11 Å². The average Bonchev–Trinajstić information content (AvgIpc) is 2.46. The Morgan fingerprint density at radius 2 is 1.85 bits per heavy atom. The summed E-state index contributed by atoms with van der Waals surface area (Å²) in [7, 11) is 1.67. The maximum absolute atomic E-state index is 13.0. The third-order valence-electron chi connectivity index (χ3n) is 3.43. The van der Waals surface area contributed by atoms with E-state index >= 15 is 0 Å². The van der Waals surface area contributed by atoms with Crippen molar-refractivity contribution in [2.75, 3.05) is 13.0 Å². The highest BCUT2D eigenvalue weighted by Gasteiger charge is 2.14. The van der Waals surface area contributed by atoms with E-state index in [2.05, 4.69) is 13.0 Å². The van der Waals surface area contributed by atoms with Crippen molar-refractivity contribution in [2.45, 2.75) is 19.3 Å². The van der Waals surface area contributed by atoms with Crippen LogP contribution < -0.4 is 4.74 Å². The normalized spacial score (nSPS) is 12.2. The van der Waals surface area contributed by atoms with E-state index in [1.807, 2.05) is 12.1 Å². The number of benzene rings is 2. The molecule has 1 unspecified atom stereocenters. The summed E-state index contributed by atoms with van der Waals surface area (Å²) in [4.78, 5) is 0. The quantitative estimate of drug-likeness (QED) is 0.725. The number of ether oxygens (including phenoxy) is 1. The van der Waals surface area contributed by atoms with Gasteiger partial charge >= 0.3 is 0 Å². The van der Waals surface area contributed by atoms with Crippen molar-refractivity contribution in [3.05, 3.63) is 65.0 Å². The van der Waals surface area contributed by atoms with Gasteiger partial charge in [-0.1, -0.05) is 29.8 Å². The van der Waals surface area contributed by atoms with E-state index in [0.717, 1.165) is 23.3 Å². The summed E-state index contributed by atoms with van der Waals surface area (Å²) in [6, 6.07) is 12.7. The van der Waals surface area contributed by atoms with Crippen LogP contribution in [0.3, 0.4) is 0 Å². The first-order valence-corrected chi connectivity index (χ1v) is 7.12. The molecule has 0 saturated heterocycles. The second kappa shape index (κ2) is 6.76. The number of aryl methyl sites for hydroxylation is 1. The van der Waals surface area contributed by atoms with Crippen LogP contribution in [0.2, 0.25) is 0 Å². The molecule has 106 valence electrons. The summed E-state index contributed by atoms with van der Waals surface area (Å²) in [6.07, 6.45) is 0.778. The zero-order chi connectivity index (χ0) is 14.5. The first-order chi connectivity index (χ1) is 9.63. The minimum atomic E-state index is -0.227. The molecule has 0 fully saturated rings. The molecule has 0 saturated carbocycles. The average molecular weight is 293 g/mol. The number of hydrogen-bond acceptors (Lipinski definition) is 1. The number of halogens is 2. The van der Waals surface area contributed by atoms with Crippen LogP contribution in [-0.2, 0) is 6.42 Å². The fraction of sp³-hybridized carbons (Fsp3) is 0.294. The van der Waals surface area contributed by atoms with Crippen LogP contribution in [-0.4, -0.2) is 13.0 Å². The van der Waals surface area contributed by atoms with Gasteiger partial charge in [-0.2, -0.15) is 0 Å². The Labute approximate surface area is 124 Å². The van der Waals surface area contributed by atoms with Crippen LogP contribution >= 0.6 is 11.6 Å². The Hall–Kier alpha value is -1.54. The lowest BCUT2D eigenvalue weighted by atomic mass is 9.92. The van der Waals surface area contributed by atoms with Crippen LogP contribution in [0.25, 0.3) is 0 Å². The van der Waals surface area contributed by atoms with Gasteiger partial charge in [0.2, 0.25) is 0 Å². The Bertz CT molecular complexity index is 566. The highest BCUT2D eigenvalue weighted by atomic mass is 35.5. The minimum absolute atomic E-state index is 0.146. The Kier molecular flexibility index (Phi) is 5.02. The van der Waals surface area contributed by atoms with E-state index in [9.17, 15) is 4.39 Å². The van der Waals surface area contributed by atoms with Crippen LogP contribution in [0.1, 0.15) is 22.6 Å². The first kappa shape index (κ1) is 14.9. The van der Waals surface area contributed by atoms with Crippen molar-refractivity contribution in [1.29, 1.82) is 0 Å². The van der Waals surface area contributed by atoms with Gasteiger partial charge in [0, 0.05) is 11.8 Å². The lowest BCUT2D eigenvalue weighted by molar-refractivity contribution is 0.408. The van der Waals surface area contributed by atoms with Crippen molar-refractivity contribution in [2.24, 2.45) is 0 Å². The Morgan fingerprint density at radius 1 is 1.15 bits per heavy atom. The van der Waals surface area contributed by atoms with E-state index in [-0.39, 0.29) is 11.7 Å². The molecule has 0 aromatic heterocycles. The number of alkyl halides is 1. The molecule has 20 heavy (non-hydrogen) atoms. The fourth-order valence-corrected chi connectivity index (χ4v) is 2.62. The molecule has 2 rings (SSSR count). The standard InChI is InChI=1S/C17H18ClFO/c1-12-3-8-17(20-2)14(9-12)10-15(11-18)13-4-6-16(19)7-5-13/h3-9,15H,10-11H2,1-2H3. The summed E-state index contributed by atoms with van der Waals surface area (Å²) in [5, 5.41) is 0. The highest BCUT2D eigenvalue weighted by Crippen LogP contribution is 2.28. The first-order valence-electron chi connectivity index (χ1n) is 6.59. The number of methoxy groups -OCH3 is 1. The van der Waals surface area contributed by atoms with E-state index < -0.39 is 0 Å². The zero-order valence-electron chi connectivity index (χ0n) is 11.7. The van der Waals surface area contributed by atoms with Crippen LogP contribution in [0.4, 0.5) is 4.39 Å². The van der Waals surface area contributed by atoms with Crippen LogP contribution in [0, 0.1) is 12.7 Å². The lowest BCUT2D eigenvalue weighted by Crippen LogP contribution is -2.06. The molecule has 0 radical (unpaired) electrons. The third-order valence-corrected chi connectivity index (χ3v) is 3.80. The summed E-state index contributed by atoms with van der Waals surface area (Å²) < 4.78 is 18.4. The molecule has 1 nitrogen and oxygen atoms in total. The lowest BCUT2D eigenvalue weighted by Gasteiger charge is -2.17. The molecule has 2 aromatic rings. The van der Waals surface area contributed by atoms with Gasteiger partial charge in [-0.05, 0) is 42.7 Å². The minimum Gasteiger partial charge on any atom is -0.496 e. The van der Waals surface area contributed by atoms with Crippen LogP contribution in [0.5, 0.6) is 5.75 Å². The summed E-state index contributed by atoms with van der Waals surface area (Å²) in [6.45, 7) is 2.05. The predicted molar refractivity (Wildman–Crippen MR) is 81.3 cm³/mol. The van der Waals surface area contributed by atoms with Gasteiger partial charge < -0.3 is 4.74 Å². The highest BCUT2D eigenvalue weighted by molar-refractivity contribution is 6.18. The molecule has 1 atom stereocenters. The summed E-state index contributed by atoms with van der Waals surface area (Å²) in [5.74, 6) is 1.28. The Balaban J connectivity index is 2.26. The molecule has 0 aliphatic heterocycles. The maximum Gasteiger partial charge on any atom is 0.123 e. The molecular formula is C17H18ClFO. The SMILES string of the molecule is COc1ccc(C)cc1CC(CCl)c1ccc(F)cc1. The second-order valence-corrected chi connectivity index (χ2v) is 5.23. The molecule has 0 spiro atoms. The van der Waals surface area contributed by atoms with Gasteiger partial charge in [0.25, 0.3) is 0 Å². The van der Waals surface area contributed by atoms with Crippen molar-refractivity contribution in [3.63, 3.8) is 0 Å². The number of rotatable bonds is 5. The van der Waals surface area contributed by atoms with Gasteiger partial charge in [-0.25, -0.2) is 4.39 Å². The van der Waals surface area contributed by atoms with Crippen LogP contribution in [0.15, 0.2) is 42.5 Å². The predicted octanol–water partition coefficient (Wildman–Crippen LogP) is 4.71. The maximum atomic E-state index is 13.0. The Morgan fingerprint density at radius 3 is 2.45 bits per heavy atom. The van der Waals surface area contributed by atoms with Crippen molar-refractivity contribution in [3.8, 4) is 5.75 Å². The van der Waals surface area contributed by atoms with Crippen molar-refractivity contribution in [1.82, 2.24) is 0 Å². The van der Waals surface area contributed by atoms with Gasteiger partial charge in [0.15, 0.2) is 0 Å². The molecule has 2 aromatic carbocycles. The van der Waals surface area contributed by atoms with E-state index in [0.29, 0.717) is 5.88 Å². The van der Waals surface area contributed by atoms with Crippen molar-refractivity contribution < 1.29 is 9.13 Å². The molecule has 0 amide bonds. The molecule has 3 heteroatoms. The largest absolute Gasteiger partial charge is 0.496 e. The smallest absolute Gasteiger partial charge is 0.123 e.